The van der Waals surface area contributed by atoms with Crippen LogP contribution in [0.1, 0.15) is 64.7 Å². The largest absolute Gasteiger partial charge is 0.302 e. The summed E-state index contributed by atoms with van der Waals surface area (Å²) in [5.74, 6) is 0. The summed E-state index contributed by atoms with van der Waals surface area (Å²) in [4.78, 5) is 5.49. The molecule has 2 heteroatoms. The van der Waals surface area contributed by atoms with E-state index in [-0.39, 0.29) is 0 Å². The number of nitrogens with zero attached hydrogens (tertiary/aromatic N) is 2. The lowest BCUT2D eigenvalue weighted by atomic mass is 10.1. The first kappa shape index (κ1) is 14.3. The SMILES string of the molecule is CCCCCCC(CN1CCCC1)N1CCCC1. The van der Waals surface area contributed by atoms with Crippen LogP contribution in [0.5, 0.6) is 0 Å². The van der Waals surface area contributed by atoms with Crippen LogP contribution < -0.4 is 0 Å². The molecule has 106 valence electrons. The lowest BCUT2D eigenvalue weighted by Crippen LogP contribution is -2.41. The van der Waals surface area contributed by atoms with E-state index in [1.807, 2.05) is 0 Å². The molecule has 2 nitrogen and oxygen atoms in total. The van der Waals surface area contributed by atoms with Gasteiger partial charge >= 0.3 is 0 Å². The van der Waals surface area contributed by atoms with E-state index >= 15 is 0 Å². The minimum atomic E-state index is 0.863. The fourth-order valence-electron chi connectivity index (χ4n) is 3.57. The van der Waals surface area contributed by atoms with Crippen molar-refractivity contribution in [1.82, 2.24) is 9.80 Å². The van der Waals surface area contributed by atoms with Gasteiger partial charge in [-0.25, -0.2) is 0 Å². The van der Waals surface area contributed by atoms with E-state index in [9.17, 15) is 0 Å². The average molecular weight is 252 g/mol. The molecule has 0 saturated carbocycles. The second-order valence-corrected chi connectivity index (χ2v) is 6.25. The van der Waals surface area contributed by atoms with Crippen LogP contribution in [-0.2, 0) is 0 Å². The Morgan fingerprint density at radius 3 is 2.17 bits per heavy atom. The summed E-state index contributed by atoms with van der Waals surface area (Å²) in [6.07, 6.45) is 12.9. The summed E-state index contributed by atoms with van der Waals surface area (Å²) in [7, 11) is 0. The van der Waals surface area contributed by atoms with Gasteiger partial charge in [-0.1, -0.05) is 32.6 Å². The Labute approximate surface area is 114 Å². The van der Waals surface area contributed by atoms with Gasteiger partial charge in [-0.15, -0.1) is 0 Å². The summed E-state index contributed by atoms with van der Waals surface area (Å²) in [5.41, 5.74) is 0. The van der Waals surface area contributed by atoms with E-state index in [1.165, 1.54) is 90.5 Å². The smallest absolute Gasteiger partial charge is 0.0223 e. The van der Waals surface area contributed by atoms with Gasteiger partial charge in [0.2, 0.25) is 0 Å². The van der Waals surface area contributed by atoms with Crippen LogP contribution in [0.15, 0.2) is 0 Å². The fraction of sp³-hybridized carbons (Fsp3) is 1.00. The molecule has 0 aromatic heterocycles. The van der Waals surface area contributed by atoms with Gasteiger partial charge in [-0.2, -0.15) is 0 Å². The Morgan fingerprint density at radius 2 is 1.50 bits per heavy atom. The Hall–Kier alpha value is -0.0800. The monoisotopic (exact) mass is 252 g/mol. The third kappa shape index (κ3) is 4.55. The van der Waals surface area contributed by atoms with Crippen LogP contribution in [0.2, 0.25) is 0 Å². The number of rotatable bonds is 8. The molecule has 0 aromatic rings. The second kappa shape index (κ2) is 8.16. The van der Waals surface area contributed by atoms with Crippen molar-refractivity contribution in [3.05, 3.63) is 0 Å². The van der Waals surface area contributed by atoms with Gasteiger partial charge in [0, 0.05) is 12.6 Å². The summed E-state index contributed by atoms with van der Waals surface area (Å²) < 4.78 is 0. The quantitative estimate of drug-likeness (QED) is 0.610. The van der Waals surface area contributed by atoms with Crippen molar-refractivity contribution in [3.63, 3.8) is 0 Å². The number of hydrogen-bond donors (Lipinski definition) is 0. The highest BCUT2D eigenvalue weighted by Gasteiger charge is 2.24. The molecule has 1 atom stereocenters. The van der Waals surface area contributed by atoms with E-state index in [2.05, 4.69) is 16.7 Å². The minimum Gasteiger partial charge on any atom is -0.302 e. The number of unbranched alkanes of at least 4 members (excludes halogenated alkanes) is 3. The van der Waals surface area contributed by atoms with Crippen molar-refractivity contribution in [3.8, 4) is 0 Å². The van der Waals surface area contributed by atoms with E-state index in [4.69, 9.17) is 0 Å². The first-order valence-electron chi connectivity index (χ1n) is 8.36. The van der Waals surface area contributed by atoms with E-state index in [1.54, 1.807) is 0 Å². The molecule has 0 amide bonds. The predicted octanol–water partition coefficient (Wildman–Crippen LogP) is 3.52. The van der Waals surface area contributed by atoms with Crippen molar-refractivity contribution in [2.75, 3.05) is 32.7 Å². The van der Waals surface area contributed by atoms with Crippen LogP contribution in [0, 0.1) is 0 Å². The molecule has 0 N–H and O–H groups in total. The molecule has 2 aliphatic heterocycles. The maximum atomic E-state index is 2.78. The zero-order valence-corrected chi connectivity index (χ0v) is 12.4. The van der Waals surface area contributed by atoms with Gasteiger partial charge in [0.25, 0.3) is 0 Å². The van der Waals surface area contributed by atoms with E-state index < -0.39 is 0 Å². The molecule has 18 heavy (non-hydrogen) atoms. The molecule has 2 rings (SSSR count). The normalized spacial score (nSPS) is 23.8. The van der Waals surface area contributed by atoms with Crippen LogP contribution in [0.4, 0.5) is 0 Å². The molecule has 0 aliphatic carbocycles. The molecule has 0 radical (unpaired) electrons. The average Bonchev–Trinajstić information content (AvgIpc) is 3.05. The number of hydrogen-bond acceptors (Lipinski definition) is 2. The maximum Gasteiger partial charge on any atom is 0.0223 e. The third-order valence-corrected chi connectivity index (χ3v) is 4.72. The van der Waals surface area contributed by atoms with Gasteiger partial charge < -0.3 is 4.90 Å². The molecule has 2 saturated heterocycles. The van der Waals surface area contributed by atoms with Gasteiger partial charge in [0.1, 0.15) is 0 Å². The highest BCUT2D eigenvalue weighted by atomic mass is 15.2. The summed E-state index contributed by atoms with van der Waals surface area (Å²) in [6, 6.07) is 0.863. The van der Waals surface area contributed by atoms with E-state index in [0.717, 1.165) is 6.04 Å². The van der Waals surface area contributed by atoms with Crippen molar-refractivity contribution >= 4 is 0 Å². The highest BCUT2D eigenvalue weighted by Crippen LogP contribution is 2.19. The fourth-order valence-corrected chi connectivity index (χ4v) is 3.57. The van der Waals surface area contributed by atoms with Gasteiger partial charge in [-0.05, 0) is 58.3 Å². The zero-order valence-electron chi connectivity index (χ0n) is 12.4. The predicted molar refractivity (Wildman–Crippen MR) is 79.0 cm³/mol. The van der Waals surface area contributed by atoms with Gasteiger partial charge in [0.05, 0.1) is 0 Å². The Bertz CT molecular complexity index is 205. The molecule has 1 unspecified atom stereocenters. The van der Waals surface area contributed by atoms with Crippen molar-refractivity contribution < 1.29 is 0 Å². The molecular weight excluding hydrogens is 220 g/mol. The molecule has 2 aliphatic rings. The van der Waals surface area contributed by atoms with Crippen LogP contribution in [-0.4, -0.2) is 48.6 Å². The minimum absolute atomic E-state index is 0.863. The topological polar surface area (TPSA) is 6.48 Å². The Kier molecular flexibility index (Phi) is 6.50. The second-order valence-electron chi connectivity index (χ2n) is 6.25. The summed E-state index contributed by atoms with van der Waals surface area (Å²) in [6.45, 7) is 9.12. The lowest BCUT2D eigenvalue weighted by molar-refractivity contribution is 0.167. The van der Waals surface area contributed by atoms with Crippen LogP contribution in [0.25, 0.3) is 0 Å². The highest BCUT2D eigenvalue weighted by molar-refractivity contribution is 4.81. The Balaban J connectivity index is 1.73. The molecule has 2 fully saturated rings. The van der Waals surface area contributed by atoms with Gasteiger partial charge in [-0.3, -0.25) is 4.90 Å². The standard InChI is InChI=1S/C16H32N2/c1-2-3-4-5-10-16(18-13-8-9-14-18)15-17-11-6-7-12-17/h16H,2-15H2,1H3. The van der Waals surface area contributed by atoms with Gasteiger partial charge in [0.15, 0.2) is 0 Å². The number of likely N-dealkylation sites (tertiary alicyclic amines) is 2. The maximum absolute atomic E-state index is 2.78. The van der Waals surface area contributed by atoms with Crippen molar-refractivity contribution in [1.29, 1.82) is 0 Å². The van der Waals surface area contributed by atoms with Crippen LogP contribution >= 0.6 is 0 Å². The first-order chi connectivity index (χ1) is 8.90. The third-order valence-electron chi connectivity index (χ3n) is 4.72. The molecule has 2 heterocycles. The summed E-state index contributed by atoms with van der Waals surface area (Å²) in [5, 5.41) is 0. The molecule has 0 spiro atoms. The lowest BCUT2D eigenvalue weighted by Gasteiger charge is -2.31. The summed E-state index contributed by atoms with van der Waals surface area (Å²) >= 11 is 0. The zero-order chi connectivity index (χ0) is 12.6. The van der Waals surface area contributed by atoms with Crippen LogP contribution in [0.3, 0.4) is 0 Å². The van der Waals surface area contributed by atoms with E-state index in [0.29, 0.717) is 0 Å². The molecular formula is C16H32N2. The molecule has 0 aromatic carbocycles. The van der Waals surface area contributed by atoms with Crippen molar-refractivity contribution in [2.24, 2.45) is 0 Å². The first-order valence-corrected chi connectivity index (χ1v) is 8.36. The Morgan fingerprint density at radius 1 is 0.833 bits per heavy atom. The molecule has 0 bridgehead atoms. The van der Waals surface area contributed by atoms with Crippen molar-refractivity contribution in [2.45, 2.75) is 70.8 Å².